The third kappa shape index (κ3) is 3.82. The molecule has 5 nitrogen and oxygen atoms in total. The first-order chi connectivity index (χ1) is 9.56. The van der Waals surface area contributed by atoms with Gasteiger partial charge in [-0.25, -0.2) is 4.79 Å². The number of benzene rings is 1. The quantitative estimate of drug-likeness (QED) is 0.759. The van der Waals surface area contributed by atoms with E-state index in [9.17, 15) is 4.79 Å². The Hall–Kier alpha value is -1.85. The van der Waals surface area contributed by atoms with Gasteiger partial charge in [0, 0.05) is 11.9 Å². The van der Waals surface area contributed by atoms with Gasteiger partial charge in [-0.1, -0.05) is 6.07 Å². The summed E-state index contributed by atoms with van der Waals surface area (Å²) in [5.74, 6) is -1.05. The minimum atomic E-state index is -1.04. The second-order valence-corrected chi connectivity index (χ2v) is 5.12. The molecule has 0 saturated carbocycles. The van der Waals surface area contributed by atoms with Crippen LogP contribution in [-0.2, 0) is 6.54 Å². The van der Waals surface area contributed by atoms with Crippen LogP contribution in [0.25, 0.3) is 11.0 Å². The molecule has 2 aromatic rings. The van der Waals surface area contributed by atoms with Crippen molar-refractivity contribution in [3.05, 3.63) is 35.6 Å². The first-order valence-electron chi connectivity index (χ1n) is 6.67. The van der Waals surface area contributed by atoms with E-state index in [0.29, 0.717) is 5.58 Å². The van der Waals surface area contributed by atoms with E-state index < -0.39 is 5.97 Å². The average Bonchev–Trinajstić information content (AvgIpc) is 2.81. The summed E-state index contributed by atoms with van der Waals surface area (Å²) in [4.78, 5) is 13.0. The summed E-state index contributed by atoms with van der Waals surface area (Å²) in [6, 6.07) is 7.30. The lowest BCUT2D eigenvalue weighted by Gasteiger charge is -2.09. The zero-order valence-corrected chi connectivity index (χ0v) is 11.8. The van der Waals surface area contributed by atoms with Gasteiger partial charge in [-0.3, -0.25) is 0 Å². The molecular weight excluding hydrogens is 256 g/mol. The molecule has 0 saturated heterocycles. The third-order valence-electron chi connectivity index (χ3n) is 3.08. The lowest BCUT2D eigenvalue weighted by molar-refractivity contribution is 0.0665. The summed E-state index contributed by atoms with van der Waals surface area (Å²) in [5.41, 5.74) is 1.74. The molecule has 0 aliphatic carbocycles. The van der Waals surface area contributed by atoms with E-state index in [1.54, 1.807) is 6.07 Å². The van der Waals surface area contributed by atoms with Crippen LogP contribution in [0.2, 0.25) is 0 Å². The highest BCUT2D eigenvalue weighted by Crippen LogP contribution is 2.20. The van der Waals surface area contributed by atoms with Crippen molar-refractivity contribution < 1.29 is 14.3 Å². The Morgan fingerprint density at radius 1 is 1.35 bits per heavy atom. The Morgan fingerprint density at radius 2 is 2.15 bits per heavy atom. The molecule has 0 spiro atoms. The topological polar surface area (TPSA) is 65.7 Å². The number of hydrogen-bond donors (Lipinski definition) is 2. The Morgan fingerprint density at radius 3 is 2.85 bits per heavy atom. The lowest BCUT2D eigenvalue weighted by atomic mass is 10.1. The zero-order chi connectivity index (χ0) is 14.5. The van der Waals surface area contributed by atoms with Gasteiger partial charge in [0.2, 0.25) is 5.76 Å². The molecule has 20 heavy (non-hydrogen) atoms. The molecule has 5 heteroatoms. The molecule has 0 fully saturated rings. The fraction of sp³-hybridized carbons (Fsp3) is 0.400. The zero-order valence-electron chi connectivity index (χ0n) is 11.8. The highest BCUT2D eigenvalue weighted by molar-refractivity contribution is 5.91. The monoisotopic (exact) mass is 276 g/mol. The van der Waals surface area contributed by atoms with Crippen LogP contribution in [0.5, 0.6) is 0 Å². The molecule has 2 N–H and O–H groups in total. The van der Waals surface area contributed by atoms with Crippen LogP contribution in [0.15, 0.2) is 28.7 Å². The van der Waals surface area contributed by atoms with Crippen LogP contribution in [0.1, 0.15) is 22.5 Å². The van der Waals surface area contributed by atoms with Crippen molar-refractivity contribution in [2.24, 2.45) is 0 Å². The normalized spacial score (nSPS) is 11.3. The van der Waals surface area contributed by atoms with E-state index in [-0.39, 0.29) is 5.76 Å². The Kier molecular flexibility index (Phi) is 4.76. The number of carbonyl (C=O) groups is 1. The molecule has 0 aliphatic heterocycles. The van der Waals surface area contributed by atoms with Crippen molar-refractivity contribution in [3.63, 3.8) is 0 Å². The summed E-state index contributed by atoms with van der Waals surface area (Å²) >= 11 is 0. The van der Waals surface area contributed by atoms with E-state index in [4.69, 9.17) is 9.52 Å². The Balaban J connectivity index is 1.92. The van der Waals surface area contributed by atoms with Crippen LogP contribution in [0.4, 0.5) is 0 Å². The van der Waals surface area contributed by atoms with Gasteiger partial charge in [0.05, 0.1) is 0 Å². The predicted octanol–water partition coefficient (Wildman–Crippen LogP) is 2.17. The average molecular weight is 276 g/mol. The summed E-state index contributed by atoms with van der Waals surface area (Å²) in [5, 5.41) is 13.1. The van der Waals surface area contributed by atoms with Gasteiger partial charge in [0.15, 0.2) is 0 Å². The third-order valence-corrected chi connectivity index (χ3v) is 3.08. The van der Waals surface area contributed by atoms with Crippen LogP contribution in [0, 0.1) is 0 Å². The van der Waals surface area contributed by atoms with Gasteiger partial charge in [0.25, 0.3) is 0 Å². The highest BCUT2D eigenvalue weighted by atomic mass is 16.4. The van der Waals surface area contributed by atoms with Crippen molar-refractivity contribution in [2.45, 2.75) is 13.0 Å². The SMILES string of the molecule is CN(C)CCCNCc1ccc2oc(C(=O)O)cc2c1. The minimum Gasteiger partial charge on any atom is -0.475 e. The minimum absolute atomic E-state index is 0.0175. The molecule has 0 radical (unpaired) electrons. The number of nitrogens with one attached hydrogen (secondary N) is 1. The molecule has 0 atom stereocenters. The van der Waals surface area contributed by atoms with Gasteiger partial charge in [-0.05, 0) is 57.4 Å². The molecule has 0 aliphatic rings. The first-order valence-corrected chi connectivity index (χ1v) is 6.67. The van der Waals surface area contributed by atoms with E-state index >= 15 is 0 Å². The molecular formula is C15H20N2O3. The van der Waals surface area contributed by atoms with E-state index in [1.807, 2.05) is 18.2 Å². The smallest absolute Gasteiger partial charge is 0.371 e. The predicted molar refractivity (Wildman–Crippen MR) is 78.1 cm³/mol. The number of carboxylic acid groups (broad SMARTS) is 1. The van der Waals surface area contributed by atoms with Crippen LogP contribution >= 0.6 is 0 Å². The van der Waals surface area contributed by atoms with Crippen LogP contribution < -0.4 is 5.32 Å². The molecule has 1 aromatic heterocycles. The van der Waals surface area contributed by atoms with Crippen molar-refractivity contribution in [2.75, 3.05) is 27.2 Å². The Bertz CT molecular complexity index is 590. The largest absolute Gasteiger partial charge is 0.475 e. The van der Waals surface area contributed by atoms with Gasteiger partial charge in [-0.2, -0.15) is 0 Å². The second kappa shape index (κ2) is 6.54. The molecule has 0 amide bonds. The fourth-order valence-corrected chi connectivity index (χ4v) is 2.06. The Labute approximate surface area is 118 Å². The second-order valence-electron chi connectivity index (χ2n) is 5.12. The maximum absolute atomic E-state index is 10.8. The maximum Gasteiger partial charge on any atom is 0.371 e. The molecule has 0 bridgehead atoms. The van der Waals surface area contributed by atoms with Gasteiger partial charge >= 0.3 is 5.97 Å². The van der Waals surface area contributed by atoms with Gasteiger partial charge < -0.3 is 19.7 Å². The number of aromatic carboxylic acids is 1. The van der Waals surface area contributed by atoms with E-state index in [0.717, 1.165) is 37.0 Å². The molecule has 1 aromatic carbocycles. The molecule has 2 rings (SSSR count). The van der Waals surface area contributed by atoms with Crippen LogP contribution in [-0.4, -0.2) is 43.2 Å². The molecule has 1 heterocycles. The number of rotatable bonds is 7. The van der Waals surface area contributed by atoms with E-state index in [2.05, 4.69) is 24.3 Å². The van der Waals surface area contributed by atoms with Gasteiger partial charge in [0.1, 0.15) is 5.58 Å². The number of furan rings is 1. The number of nitrogens with zero attached hydrogens (tertiary/aromatic N) is 1. The summed E-state index contributed by atoms with van der Waals surface area (Å²) in [7, 11) is 4.12. The maximum atomic E-state index is 10.8. The van der Waals surface area contributed by atoms with Crippen molar-refractivity contribution in [1.29, 1.82) is 0 Å². The van der Waals surface area contributed by atoms with Crippen molar-refractivity contribution >= 4 is 16.9 Å². The van der Waals surface area contributed by atoms with E-state index in [1.165, 1.54) is 0 Å². The molecule has 108 valence electrons. The number of hydrogen-bond acceptors (Lipinski definition) is 4. The standard InChI is InChI=1S/C15H20N2O3/c1-17(2)7-3-6-16-10-11-4-5-13-12(8-11)9-14(20-13)15(18)19/h4-5,8-9,16H,3,6-7,10H2,1-2H3,(H,18,19). The first kappa shape index (κ1) is 14.6. The summed E-state index contributed by atoms with van der Waals surface area (Å²) < 4.78 is 5.23. The number of carboxylic acids is 1. The van der Waals surface area contributed by atoms with Crippen molar-refractivity contribution in [3.8, 4) is 0 Å². The fourth-order valence-electron chi connectivity index (χ4n) is 2.06. The lowest BCUT2D eigenvalue weighted by Crippen LogP contribution is -2.20. The highest BCUT2D eigenvalue weighted by Gasteiger charge is 2.10. The molecule has 0 unspecified atom stereocenters. The van der Waals surface area contributed by atoms with Crippen LogP contribution in [0.3, 0.4) is 0 Å². The van der Waals surface area contributed by atoms with Crippen molar-refractivity contribution in [1.82, 2.24) is 10.2 Å². The summed E-state index contributed by atoms with van der Waals surface area (Å²) in [6.45, 7) is 2.80. The van der Waals surface area contributed by atoms with Gasteiger partial charge in [-0.15, -0.1) is 0 Å². The summed E-state index contributed by atoms with van der Waals surface area (Å²) in [6.07, 6.45) is 1.10. The number of fused-ring (bicyclic) bond motifs is 1.